The SMILES string of the molecule is O=C(COc1cccc2ccccc12)N/N=C/c1ccc(OC(=O)c2ccccc2I)cc1. The van der Waals surface area contributed by atoms with Gasteiger partial charge in [0, 0.05) is 8.96 Å². The summed E-state index contributed by atoms with van der Waals surface area (Å²) >= 11 is 2.09. The molecule has 0 saturated carbocycles. The van der Waals surface area contributed by atoms with Crippen molar-refractivity contribution < 1.29 is 19.1 Å². The molecule has 1 amide bonds. The number of ether oxygens (including phenoxy) is 2. The van der Waals surface area contributed by atoms with Crippen molar-refractivity contribution >= 4 is 51.5 Å². The van der Waals surface area contributed by atoms with Gasteiger partial charge in [-0.1, -0.05) is 48.5 Å². The van der Waals surface area contributed by atoms with E-state index in [1.54, 1.807) is 36.4 Å². The molecule has 4 rings (SSSR count). The summed E-state index contributed by atoms with van der Waals surface area (Å²) < 4.78 is 11.9. The van der Waals surface area contributed by atoms with Gasteiger partial charge >= 0.3 is 5.97 Å². The summed E-state index contributed by atoms with van der Waals surface area (Å²) in [6, 6.07) is 27.5. The van der Waals surface area contributed by atoms with Crippen LogP contribution >= 0.6 is 22.6 Å². The zero-order valence-electron chi connectivity index (χ0n) is 17.4. The summed E-state index contributed by atoms with van der Waals surface area (Å²) in [6.07, 6.45) is 1.50. The van der Waals surface area contributed by atoms with Gasteiger partial charge in [0.1, 0.15) is 11.5 Å². The van der Waals surface area contributed by atoms with Crippen molar-refractivity contribution in [1.29, 1.82) is 0 Å². The molecular weight excluding hydrogens is 531 g/mol. The second-order valence-electron chi connectivity index (χ2n) is 7.00. The average molecular weight is 550 g/mol. The zero-order valence-corrected chi connectivity index (χ0v) is 19.6. The maximum atomic E-state index is 12.3. The molecule has 0 radical (unpaired) electrons. The Bertz CT molecular complexity index is 1310. The Hall–Kier alpha value is -3.72. The average Bonchev–Trinajstić information content (AvgIpc) is 2.84. The summed E-state index contributed by atoms with van der Waals surface area (Å²) in [5.41, 5.74) is 3.69. The summed E-state index contributed by atoms with van der Waals surface area (Å²) in [5, 5.41) is 5.94. The first-order valence-corrected chi connectivity index (χ1v) is 11.2. The van der Waals surface area contributed by atoms with Crippen molar-refractivity contribution in [3.63, 3.8) is 0 Å². The van der Waals surface area contributed by atoms with Crippen LogP contribution in [-0.4, -0.2) is 24.7 Å². The van der Waals surface area contributed by atoms with Crippen LogP contribution in [-0.2, 0) is 4.79 Å². The number of carbonyl (C=O) groups excluding carboxylic acids is 2. The molecule has 0 atom stereocenters. The maximum Gasteiger partial charge on any atom is 0.344 e. The second-order valence-corrected chi connectivity index (χ2v) is 8.16. The van der Waals surface area contributed by atoms with E-state index in [1.807, 2.05) is 54.6 Å². The lowest BCUT2D eigenvalue weighted by molar-refractivity contribution is -0.123. The number of carbonyl (C=O) groups is 2. The first kappa shape index (κ1) is 22.5. The van der Waals surface area contributed by atoms with Crippen LogP contribution in [0.15, 0.2) is 96.1 Å². The van der Waals surface area contributed by atoms with Gasteiger partial charge in [0.05, 0.1) is 11.8 Å². The molecule has 164 valence electrons. The first-order chi connectivity index (χ1) is 16.1. The normalized spacial score (nSPS) is 10.8. The topological polar surface area (TPSA) is 77.0 Å². The van der Waals surface area contributed by atoms with Crippen LogP contribution in [0.3, 0.4) is 0 Å². The largest absolute Gasteiger partial charge is 0.483 e. The number of nitrogens with one attached hydrogen (secondary N) is 1. The second kappa shape index (κ2) is 10.7. The van der Waals surface area contributed by atoms with Gasteiger partial charge in [-0.3, -0.25) is 4.79 Å². The number of esters is 1. The molecule has 0 saturated heterocycles. The molecule has 0 heterocycles. The fraction of sp³-hybridized carbons (Fsp3) is 0.0385. The molecule has 33 heavy (non-hydrogen) atoms. The maximum absolute atomic E-state index is 12.3. The van der Waals surface area contributed by atoms with Crippen molar-refractivity contribution in [1.82, 2.24) is 5.43 Å². The molecule has 0 aromatic heterocycles. The van der Waals surface area contributed by atoms with E-state index >= 15 is 0 Å². The Balaban J connectivity index is 1.28. The van der Waals surface area contributed by atoms with Crippen molar-refractivity contribution in [2.24, 2.45) is 5.10 Å². The summed E-state index contributed by atoms with van der Waals surface area (Å²) in [7, 11) is 0. The number of halogens is 1. The van der Waals surface area contributed by atoms with E-state index in [9.17, 15) is 9.59 Å². The monoisotopic (exact) mass is 550 g/mol. The van der Waals surface area contributed by atoms with Crippen LogP contribution < -0.4 is 14.9 Å². The molecule has 0 aliphatic rings. The highest BCUT2D eigenvalue weighted by molar-refractivity contribution is 14.1. The van der Waals surface area contributed by atoms with E-state index in [2.05, 4.69) is 33.1 Å². The molecular formula is C26H19IN2O4. The van der Waals surface area contributed by atoms with Crippen LogP contribution in [0.1, 0.15) is 15.9 Å². The molecule has 0 bridgehead atoms. The van der Waals surface area contributed by atoms with E-state index in [-0.39, 0.29) is 12.5 Å². The highest BCUT2D eigenvalue weighted by Gasteiger charge is 2.11. The molecule has 6 nitrogen and oxygen atoms in total. The Kier molecular flexibility index (Phi) is 7.31. The Morgan fingerprint density at radius 1 is 0.879 bits per heavy atom. The third-order valence-electron chi connectivity index (χ3n) is 4.70. The molecule has 7 heteroatoms. The third kappa shape index (κ3) is 5.95. The summed E-state index contributed by atoms with van der Waals surface area (Å²) in [5.74, 6) is 0.272. The number of rotatable bonds is 7. The van der Waals surface area contributed by atoms with Gasteiger partial charge in [-0.25, -0.2) is 10.2 Å². The lowest BCUT2D eigenvalue weighted by atomic mass is 10.1. The lowest BCUT2D eigenvalue weighted by Gasteiger charge is -2.08. The smallest absolute Gasteiger partial charge is 0.344 e. The predicted molar refractivity (Wildman–Crippen MR) is 136 cm³/mol. The molecule has 0 spiro atoms. The third-order valence-corrected chi connectivity index (χ3v) is 5.64. The van der Waals surface area contributed by atoms with Crippen LogP contribution in [0.5, 0.6) is 11.5 Å². The minimum absolute atomic E-state index is 0.154. The zero-order chi connectivity index (χ0) is 23.0. The van der Waals surface area contributed by atoms with Crippen LogP contribution in [0.4, 0.5) is 0 Å². The van der Waals surface area contributed by atoms with Gasteiger partial charge in [-0.2, -0.15) is 5.10 Å². The molecule has 4 aromatic rings. The van der Waals surface area contributed by atoms with Gasteiger partial charge in [0.25, 0.3) is 5.91 Å². The number of hydrazone groups is 1. The van der Waals surface area contributed by atoms with Gasteiger partial charge in [0.15, 0.2) is 6.61 Å². The van der Waals surface area contributed by atoms with Crippen molar-refractivity contribution in [2.45, 2.75) is 0 Å². The number of hydrogen-bond donors (Lipinski definition) is 1. The van der Waals surface area contributed by atoms with E-state index in [0.717, 1.165) is 19.9 Å². The molecule has 0 fully saturated rings. The fourth-order valence-electron chi connectivity index (χ4n) is 3.09. The number of fused-ring (bicyclic) bond motifs is 1. The predicted octanol–water partition coefficient (Wildman–Crippen LogP) is 5.19. The standard InChI is InChI=1S/C26H19IN2O4/c27-23-10-4-3-9-22(23)26(31)33-20-14-12-18(13-15-20)16-28-29-25(30)17-32-24-11-5-7-19-6-1-2-8-21(19)24/h1-16H,17H2,(H,29,30)/b28-16+. The minimum Gasteiger partial charge on any atom is -0.483 e. The van der Waals surface area contributed by atoms with Gasteiger partial charge in [-0.05, 0) is 76.0 Å². The molecule has 0 aliphatic heterocycles. The highest BCUT2D eigenvalue weighted by Crippen LogP contribution is 2.25. The fourth-order valence-corrected chi connectivity index (χ4v) is 3.69. The van der Waals surface area contributed by atoms with Crippen molar-refractivity contribution in [2.75, 3.05) is 6.61 Å². The number of hydrogen-bond acceptors (Lipinski definition) is 5. The van der Waals surface area contributed by atoms with Gasteiger partial charge in [-0.15, -0.1) is 0 Å². The molecule has 4 aromatic carbocycles. The van der Waals surface area contributed by atoms with Crippen molar-refractivity contribution in [3.05, 3.63) is 106 Å². The molecule has 0 unspecified atom stereocenters. The Morgan fingerprint density at radius 3 is 2.42 bits per heavy atom. The van der Waals surface area contributed by atoms with Crippen LogP contribution in [0.2, 0.25) is 0 Å². The van der Waals surface area contributed by atoms with E-state index in [1.165, 1.54) is 6.21 Å². The van der Waals surface area contributed by atoms with Crippen molar-refractivity contribution in [3.8, 4) is 11.5 Å². The molecule has 0 aliphatic carbocycles. The summed E-state index contributed by atoms with van der Waals surface area (Å²) in [6.45, 7) is -0.154. The first-order valence-electron chi connectivity index (χ1n) is 10.1. The van der Waals surface area contributed by atoms with E-state index in [4.69, 9.17) is 9.47 Å². The number of amides is 1. The Labute approximate surface area is 204 Å². The number of benzene rings is 4. The quantitative estimate of drug-likeness (QED) is 0.113. The number of nitrogens with zero attached hydrogens (tertiary/aromatic N) is 1. The lowest BCUT2D eigenvalue weighted by Crippen LogP contribution is -2.24. The van der Waals surface area contributed by atoms with Crippen LogP contribution in [0.25, 0.3) is 10.8 Å². The highest BCUT2D eigenvalue weighted by atomic mass is 127. The summed E-state index contributed by atoms with van der Waals surface area (Å²) in [4.78, 5) is 24.4. The van der Waals surface area contributed by atoms with Gasteiger partial charge < -0.3 is 9.47 Å². The van der Waals surface area contributed by atoms with E-state index < -0.39 is 5.97 Å². The van der Waals surface area contributed by atoms with Gasteiger partial charge in [0.2, 0.25) is 0 Å². The van der Waals surface area contributed by atoms with Crippen LogP contribution in [0, 0.1) is 3.57 Å². The Morgan fingerprint density at radius 2 is 1.61 bits per heavy atom. The minimum atomic E-state index is -0.417. The van der Waals surface area contributed by atoms with E-state index in [0.29, 0.717) is 17.1 Å². The molecule has 1 N–H and O–H groups in total.